The Morgan fingerprint density at radius 2 is 1.57 bits per heavy atom. The van der Waals surface area contributed by atoms with Gasteiger partial charge in [-0.25, -0.2) is 4.79 Å². The van der Waals surface area contributed by atoms with Gasteiger partial charge in [0.1, 0.15) is 17.2 Å². The van der Waals surface area contributed by atoms with Crippen molar-refractivity contribution in [1.82, 2.24) is 0 Å². The average molecular weight is 378 g/mol. The van der Waals surface area contributed by atoms with Gasteiger partial charge < -0.3 is 14.2 Å². The van der Waals surface area contributed by atoms with Crippen LogP contribution in [-0.2, 0) is 4.79 Å². The van der Waals surface area contributed by atoms with Gasteiger partial charge in [0.25, 0.3) is 0 Å². The molecule has 4 heteroatoms. The van der Waals surface area contributed by atoms with Crippen LogP contribution in [0, 0.1) is 0 Å². The predicted octanol–water partition coefficient (Wildman–Crippen LogP) is 5.78. The van der Waals surface area contributed by atoms with Crippen molar-refractivity contribution in [3.63, 3.8) is 0 Å². The molecule has 0 unspecified atom stereocenters. The van der Waals surface area contributed by atoms with E-state index in [0.717, 1.165) is 22.9 Å². The van der Waals surface area contributed by atoms with Crippen LogP contribution in [-0.4, -0.2) is 19.2 Å². The van der Waals surface area contributed by atoms with E-state index in [1.807, 2.05) is 48.5 Å². The van der Waals surface area contributed by atoms with E-state index in [-0.39, 0.29) is 6.61 Å². The molecule has 0 atom stereocenters. The first kappa shape index (κ1) is 19.7. The molecule has 0 aromatic heterocycles. The first-order chi connectivity index (χ1) is 13.8. The average Bonchev–Trinajstić information content (AvgIpc) is 2.73. The van der Waals surface area contributed by atoms with Gasteiger partial charge in [0, 0.05) is 11.5 Å². The van der Waals surface area contributed by atoms with Gasteiger partial charge in [0.05, 0.1) is 6.61 Å². The molecule has 3 aromatic carbocycles. The van der Waals surface area contributed by atoms with E-state index in [4.69, 9.17) is 14.2 Å². The van der Waals surface area contributed by atoms with Crippen molar-refractivity contribution in [1.29, 1.82) is 0 Å². The van der Waals surface area contributed by atoms with E-state index < -0.39 is 5.97 Å². The largest absolute Gasteiger partial charge is 0.493 e. The van der Waals surface area contributed by atoms with E-state index in [9.17, 15) is 4.79 Å². The SMILES string of the molecule is CCCCCCOc1cccc(OCC(=O)Oc2cccc3ccccc23)c1. The van der Waals surface area contributed by atoms with E-state index >= 15 is 0 Å². The van der Waals surface area contributed by atoms with Crippen molar-refractivity contribution in [2.24, 2.45) is 0 Å². The van der Waals surface area contributed by atoms with E-state index in [0.29, 0.717) is 18.1 Å². The first-order valence-corrected chi connectivity index (χ1v) is 9.80. The van der Waals surface area contributed by atoms with E-state index in [1.165, 1.54) is 19.3 Å². The molecule has 28 heavy (non-hydrogen) atoms. The first-order valence-electron chi connectivity index (χ1n) is 9.80. The lowest BCUT2D eigenvalue weighted by Gasteiger charge is -2.10. The molecule has 3 rings (SSSR count). The highest BCUT2D eigenvalue weighted by molar-refractivity contribution is 5.90. The number of hydrogen-bond acceptors (Lipinski definition) is 4. The molecule has 3 aromatic rings. The Kier molecular flexibility index (Phi) is 7.30. The second-order valence-electron chi connectivity index (χ2n) is 6.62. The molecule has 0 aliphatic rings. The number of esters is 1. The van der Waals surface area contributed by atoms with Crippen LogP contribution < -0.4 is 14.2 Å². The Labute approximate surface area is 166 Å². The van der Waals surface area contributed by atoms with Crippen LogP contribution in [0.3, 0.4) is 0 Å². The maximum Gasteiger partial charge on any atom is 0.349 e. The molecule has 4 nitrogen and oxygen atoms in total. The molecule has 0 bridgehead atoms. The minimum atomic E-state index is -0.442. The van der Waals surface area contributed by atoms with Crippen LogP contribution in [0.15, 0.2) is 66.7 Å². The molecular weight excluding hydrogens is 352 g/mol. The fourth-order valence-corrected chi connectivity index (χ4v) is 2.95. The zero-order valence-corrected chi connectivity index (χ0v) is 16.2. The summed E-state index contributed by atoms with van der Waals surface area (Å²) in [6.07, 6.45) is 4.65. The summed E-state index contributed by atoms with van der Waals surface area (Å²) in [7, 11) is 0. The Morgan fingerprint density at radius 1 is 0.821 bits per heavy atom. The Balaban J connectivity index is 1.51. The van der Waals surface area contributed by atoms with Gasteiger partial charge in [0.2, 0.25) is 0 Å². The van der Waals surface area contributed by atoms with Gasteiger partial charge in [-0.05, 0) is 30.0 Å². The smallest absolute Gasteiger partial charge is 0.349 e. The van der Waals surface area contributed by atoms with Crippen molar-refractivity contribution < 1.29 is 19.0 Å². The van der Waals surface area contributed by atoms with Crippen molar-refractivity contribution >= 4 is 16.7 Å². The minimum absolute atomic E-state index is 0.164. The highest BCUT2D eigenvalue weighted by atomic mass is 16.6. The molecular formula is C24H26O4. The molecule has 0 aliphatic carbocycles. The van der Waals surface area contributed by atoms with Crippen LogP contribution in [0.1, 0.15) is 32.6 Å². The van der Waals surface area contributed by atoms with Gasteiger partial charge in [-0.15, -0.1) is 0 Å². The normalized spacial score (nSPS) is 10.6. The molecule has 0 N–H and O–H groups in total. The summed E-state index contributed by atoms with van der Waals surface area (Å²) in [6, 6.07) is 20.8. The monoisotopic (exact) mass is 378 g/mol. The summed E-state index contributed by atoms with van der Waals surface area (Å²) >= 11 is 0. The topological polar surface area (TPSA) is 44.8 Å². The maximum atomic E-state index is 12.2. The Bertz CT molecular complexity index is 899. The van der Waals surface area contributed by atoms with Crippen molar-refractivity contribution in [2.75, 3.05) is 13.2 Å². The quantitative estimate of drug-likeness (QED) is 0.255. The third-order valence-electron chi connectivity index (χ3n) is 4.40. The Morgan fingerprint density at radius 3 is 2.43 bits per heavy atom. The number of fused-ring (bicyclic) bond motifs is 1. The molecule has 0 saturated carbocycles. The van der Waals surface area contributed by atoms with Crippen LogP contribution in [0.5, 0.6) is 17.2 Å². The lowest BCUT2D eigenvalue weighted by molar-refractivity contribution is -0.136. The third-order valence-corrected chi connectivity index (χ3v) is 4.40. The number of ether oxygens (including phenoxy) is 3. The second kappa shape index (κ2) is 10.4. The van der Waals surface area contributed by atoms with Gasteiger partial charge in [-0.3, -0.25) is 0 Å². The molecule has 0 amide bonds. The Hall–Kier alpha value is -3.01. The molecule has 0 fully saturated rings. The maximum absolute atomic E-state index is 12.2. The number of benzene rings is 3. The lowest BCUT2D eigenvalue weighted by Crippen LogP contribution is -2.17. The van der Waals surface area contributed by atoms with Gasteiger partial charge in [0.15, 0.2) is 6.61 Å². The van der Waals surface area contributed by atoms with Gasteiger partial charge >= 0.3 is 5.97 Å². The number of carbonyl (C=O) groups excluding carboxylic acids is 1. The van der Waals surface area contributed by atoms with Crippen molar-refractivity contribution in [3.8, 4) is 17.2 Å². The van der Waals surface area contributed by atoms with Crippen LogP contribution in [0.25, 0.3) is 10.8 Å². The predicted molar refractivity (Wildman–Crippen MR) is 111 cm³/mol. The molecule has 0 spiro atoms. The molecule has 0 saturated heterocycles. The molecule has 0 aliphatic heterocycles. The highest BCUT2D eigenvalue weighted by Gasteiger charge is 2.09. The second-order valence-corrected chi connectivity index (χ2v) is 6.62. The lowest BCUT2D eigenvalue weighted by atomic mass is 10.1. The van der Waals surface area contributed by atoms with Crippen molar-refractivity contribution in [2.45, 2.75) is 32.6 Å². The summed E-state index contributed by atoms with van der Waals surface area (Å²) in [5.41, 5.74) is 0. The number of rotatable bonds is 10. The van der Waals surface area contributed by atoms with Crippen LogP contribution >= 0.6 is 0 Å². The van der Waals surface area contributed by atoms with Crippen LogP contribution in [0.4, 0.5) is 0 Å². The van der Waals surface area contributed by atoms with E-state index in [2.05, 4.69) is 6.92 Å². The number of carbonyl (C=O) groups is 1. The fraction of sp³-hybridized carbons (Fsp3) is 0.292. The fourth-order valence-electron chi connectivity index (χ4n) is 2.95. The van der Waals surface area contributed by atoms with E-state index in [1.54, 1.807) is 18.2 Å². The van der Waals surface area contributed by atoms with Gasteiger partial charge in [-0.2, -0.15) is 0 Å². The summed E-state index contributed by atoms with van der Waals surface area (Å²) in [5.74, 6) is 1.43. The van der Waals surface area contributed by atoms with Crippen LogP contribution in [0.2, 0.25) is 0 Å². The van der Waals surface area contributed by atoms with Gasteiger partial charge in [-0.1, -0.05) is 68.7 Å². The third kappa shape index (κ3) is 5.74. The zero-order valence-electron chi connectivity index (χ0n) is 16.2. The summed E-state index contributed by atoms with van der Waals surface area (Å²) < 4.78 is 16.8. The number of unbranched alkanes of at least 4 members (excludes halogenated alkanes) is 3. The zero-order chi connectivity index (χ0) is 19.6. The number of hydrogen-bond donors (Lipinski definition) is 0. The molecule has 0 radical (unpaired) electrons. The summed E-state index contributed by atoms with van der Waals surface area (Å²) in [4.78, 5) is 12.2. The summed E-state index contributed by atoms with van der Waals surface area (Å²) in [6.45, 7) is 2.71. The summed E-state index contributed by atoms with van der Waals surface area (Å²) in [5, 5.41) is 1.93. The minimum Gasteiger partial charge on any atom is -0.493 e. The molecule has 146 valence electrons. The standard InChI is InChI=1S/C24H26O4/c1-2-3-4-7-16-26-20-12-9-13-21(17-20)27-18-24(25)28-23-15-8-11-19-10-5-6-14-22(19)23/h5-6,8-15,17H,2-4,7,16,18H2,1H3. The van der Waals surface area contributed by atoms with Crippen molar-refractivity contribution in [3.05, 3.63) is 66.7 Å². The highest BCUT2D eigenvalue weighted by Crippen LogP contribution is 2.25. The molecule has 0 heterocycles.